The van der Waals surface area contributed by atoms with Gasteiger partial charge in [-0.25, -0.2) is 0 Å². The van der Waals surface area contributed by atoms with Crippen molar-refractivity contribution in [2.24, 2.45) is 5.92 Å². The van der Waals surface area contributed by atoms with Gasteiger partial charge in [-0.3, -0.25) is 9.47 Å². The minimum absolute atomic E-state index is 0.132. The molecule has 1 heterocycles. The van der Waals surface area contributed by atoms with Crippen molar-refractivity contribution < 1.29 is 9.53 Å². The maximum Gasteiger partial charge on any atom is 0.310 e. The molecule has 4 heteroatoms. The van der Waals surface area contributed by atoms with Crippen molar-refractivity contribution in [3.63, 3.8) is 0 Å². The van der Waals surface area contributed by atoms with E-state index in [1.54, 1.807) is 4.68 Å². The van der Waals surface area contributed by atoms with Crippen LogP contribution < -0.4 is 5.43 Å². The van der Waals surface area contributed by atoms with Crippen LogP contribution in [-0.2, 0) is 9.53 Å². The third kappa shape index (κ3) is 2.82. The smallest absolute Gasteiger partial charge is 0.310 e. The molecule has 0 amide bonds. The number of rotatable bonds is 4. The van der Waals surface area contributed by atoms with Crippen LogP contribution in [0.4, 0.5) is 0 Å². The summed E-state index contributed by atoms with van der Waals surface area (Å²) in [6.07, 6.45) is 3.76. The Kier molecular flexibility index (Phi) is 3.37. The maximum absolute atomic E-state index is 11.0. The van der Waals surface area contributed by atoms with E-state index in [-0.39, 0.29) is 11.9 Å². The Morgan fingerprint density at radius 2 is 2.15 bits per heavy atom. The Labute approximate surface area is 77.5 Å². The molecule has 0 saturated heterocycles. The lowest BCUT2D eigenvalue weighted by atomic mass is 10.2. The lowest BCUT2D eigenvalue weighted by Crippen LogP contribution is -2.25. The number of carbonyl (C=O) groups excluding carboxylic acids is 1. The fourth-order valence-corrected chi connectivity index (χ4v) is 0.967. The zero-order chi connectivity index (χ0) is 9.68. The van der Waals surface area contributed by atoms with Crippen LogP contribution in [-0.4, -0.2) is 24.3 Å². The fourth-order valence-electron chi connectivity index (χ4n) is 0.967. The molecule has 0 fully saturated rings. The molecule has 1 rings (SSSR count). The largest absolute Gasteiger partial charge is 0.469 e. The SMILES string of the molecule is COC(=O)C(C)CNn1cccc1. The van der Waals surface area contributed by atoms with E-state index in [0.29, 0.717) is 6.54 Å². The van der Waals surface area contributed by atoms with E-state index in [4.69, 9.17) is 0 Å². The Morgan fingerprint density at radius 3 is 2.69 bits per heavy atom. The Bertz CT molecular complexity index is 257. The molecule has 1 N–H and O–H groups in total. The number of nitrogens with zero attached hydrogens (tertiary/aromatic N) is 1. The first-order valence-electron chi connectivity index (χ1n) is 4.18. The van der Waals surface area contributed by atoms with Gasteiger partial charge in [0.2, 0.25) is 0 Å². The van der Waals surface area contributed by atoms with Crippen molar-refractivity contribution in [3.8, 4) is 0 Å². The van der Waals surface area contributed by atoms with Crippen LogP contribution >= 0.6 is 0 Å². The van der Waals surface area contributed by atoms with Gasteiger partial charge in [0.15, 0.2) is 0 Å². The molecule has 13 heavy (non-hydrogen) atoms. The third-order valence-electron chi connectivity index (χ3n) is 1.79. The summed E-state index contributed by atoms with van der Waals surface area (Å²) in [5, 5.41) is 0. The van der Waals surface area contributed by atoms with E-state index in [1.807, 2.05) is 31.5 Å². The number of hydrogen-bond acceptors (Lipinski definition) is 3. The third-order valence-corrected chi connectivity index (χ3v) is 1.79. The highest BCUT2D eigenvalue weighted by molar-refractivity contribution is 5.72. The normalized spacial score (nSPS) is 12.2. The predicted octanol–water partition coefficient (Wildman–Crippen LogP) is 0.841. The minimum atomic E-state index is -0.195. The molecule has 72 valence electrons. The van der Waals surface area contributed by atoms with Crippen LogP contribution in [0.3, 0.4) is 0 Å². The van der Waals surface area contributed by atoms with Crippen molar-refractivity contribution in [3.05, 3.63) is 24.5 Å². The molecule has 0 saturated carbocycles. The predicted molar refractivity (Wildman–Crippen MR) is 49.8 cm³/mol. The van der Waals surface area contributed by atoms with Gasteiger partial charge in [0, 0.05) is 18.9 Å². The first-order valence-corrected chi connectivity index (χ1v) is 4.18. The van der Waals surface area contributed by atoms with E-state index in [2.05, 4.69) is 10.2 Å². The summed E-state index contributed by atoms with van der Waals surface area (Å²) in [5.41, 5.74) is 3.06. The van der Waals surface area contributed by atoms with Gasteiger partial charge in [-0.05, 0) is 12.1 Å². The van der Waals surface area contributed by atoms with Gasteiger partial charge in [-0.1, -0.05) is 6.92 Å². The lowest BCUT2D eigenvalue weighted by molar-refractivity contribution is -0.144. The summed E-state index contributed by atoms with van der Waals surface area (Å²) < 4.78 is 6.40. The van der Waals surface area contributed by atoms with Gasteiger partial charge >= 0.3 is 5.97 Å². The number of ether oxygens (including phenoxy) is 1. The highest BCUT2D eigenvalue weighted by atomic mass is 16.5. The highest BCUT2D eigenvalue weighted by Crippen LogP contribution is 1.96. The van der Waals surface area contributed by atoms with Crippen molar-refractivity contribution in [2.75, 3.05) is 19.1 Å². The molecule has 0 bridgehead atoms. The zero-order valence-electron chi connectivity index (χ0n) is 7.86. The highest BCUT2D eigenvalue weighted by Gasteiger charge is 2.11. The molecule has 0 radical (unpaired) electrons. The van der Waals surface area contributed by atoms with Crippen molar-refractivity contribution in [2.45, 2.75) is 6.92 Å². The second-order valence-corrected chi connectivity index (χ2v) is 2.88. The molecule has 0 spiro atoms. The van der Waals surface area contributed by atoms with Crippen LogP contribution in [0.1, 0.15) is 6.92 Å². The summed E-state index contributed by atoms with van der Waals surface area (Å²) in [5.74, 6) is -0.327. The second kappa shape index (κ2) is 4.54. The molecule has 0 aliphatic carbocycles. The summed E-state index contributed by atoms with van der Waals surface area (Å²) >= 11 is 0. The van der Waals surface area contributed by atoms with Crippen molar-refractivity contribution in [1.29, 1.82) is 0 Å². The lowest BCUT2D eigenvalue weighted by Gasteiger charge is -2.11. The van der Waals surface area contributed by atoms with Gasteiger partial charge in [-0.15, -0.1) is 0 Å². The van der Waals surface area contributed by atoms with E-state index in [1.165, 1.54) is 7.11 Å². The van der Waals surface area contributed by atoms with E-state index in [0.717, 1.165) is 0 Å². The molecule has 4 nitrogen and oxygen atoms in total. The number of aromatic nitrogens is 1. The average Bonchev–Trinajstić information content (AvgIpc) is 2.65. The molecule has 1 aromatic heterocycles. The number of hydrogen-bond donors (Lipinski definition) is 1. The second-order valence-electron chi connectivity index (χ2n) is 2.88. The monoisotopic (exact) mass is 182 g/mol. The quantitative estimate of drug-likeness (QED) is 0.702. The van der Waals surface area contributed by atoms with Crippen LogP contribution in [0.25, 0.3) is 0 Å². The van der Waals surface area contributed by atoms with E-state index < -0.39 is 0 Å². The summed E-state index contributed by atoms with van der Waals surface area (Å²) in [6, 6.07) is 3.83. The summed E-state index contributed by atoms with van der Waals surface area (Å²) in [4.78, 5) is 11.0. The minimum Gasteiger partial charge on any atom is -0.469 e. The van der Waals surface area contributed by atoms with E-state index in [9.17, 15) is 4.79 Å². The summed E-state index contributed by atoms with van der Waals surface area (Å²) in [6.45, 7) is 2.39. The molecular formula is C9H14N2O2. The van der Waals surface area contributed by atoms with E-state index >= 15 is 0 Å². The molecule has 0 aromatic carbocycles. The number of carbonyl (C=O) groups is 1. The van der Waals surface area contributed by atoms with Gasteiger partial charge in [0.25, 0.3) is 0 Å². The van der Waals surface area contributed by atoms with Crippen molar-refractivity contribution in [1.82, 2.24) is 4.68 Å². The van der Waals surface area contributed by atoms with Crippen LogP contribution in [0, 0.1) is 5.92 Å². The molecular weight excluding hydrogens is 168 g/mol. The zero-order valence-corrected chi connectivity index (χ0v) is 7.86. The molecule has 1 aromatic rings. The topological polar surface area (TPSA) is 43.3 Å². The van der Waals surface area contributed by atoms with Gasteiger partial charge in [0.1, 0.15) is 0 Å². The van der Waals surface area contributed by atoms with Crippen LogP contribution in [0.15, 0.2) is 24.5 Å². The van der Waals surface area contributed by atoms with Gasteiger partial charge in [0.05, 0.1) is 13.0 Å². The summed E-state index contributed by atoms with van der Waals surface area (Å²) in [7, 11) is 1.40. The fraction of sp³-hybridized carbons (Fsp3) is 0.444. The number of nitrogens with one attached hydrogen (secondary N) is 1. The molecule has 0 aliphatic rings. The Balaban J connectivity index is 2.30. The van der Waals surface area contributed by atoms with Gasteiger partial charge < -0.3 is 10.2 Å². The van der Waals surface area contributed by atoms with Crippen molar-refractivity contribution >= 4 is 5.97 Å². The molecule has 0 aliphatic heterocycles. The standard InChI is InChI=1S/C9H14N2O2/c1-8(9(12)13-2)7-10-11-5-3-4-6-11/h3-6,8,10H,7H2,1-2H3. The van der Waals surface area contributed by atoms with Gasteiger partial charge in [-0.2, -0.15) is 0 Å². The van der Waals surface area contributed by atoms with Crippen LogP contribution in [0.2, 0.25) is 0 Å². The molecule has 1 unspecified atom stereocenters. The number of esters is 1. The Hall–Kier alpha value is -1.45. The maximum atomic E-state index is 11.0. The van der Waals surface area contributed by atoms with Crippen LogP contribution in [0.5, 0.6) is 0 Å². The average molecular weight is 182 g/mol. The molecule has 1 atom stereocenters. The number of methoxy groups -OCH3 is 1. The Morgan fingerprint density at radius 1 is 1.54 bits per heavy atom. The first kappa shape index (κ1) is 9.64. The first-order chi connectivity index (χ1) is 6.24.